The third kappa shape index (κ3) is 2.79. The largest absolute Gasteiger partial charge is 0.496 e. The fourth-order valence-corrected chi connectivity index (χ4v) is 1.38. The van der Waals surface area contributed by atoms with Crippen LogP contribution in [0, 0.1) is 6.92 Å². The summed E-state index contributed by atoms with van der Waals surface area (Å²) in [6.45, 7) is 3.77. The molecule has 0 aliphatic rings. The van der Waals surface area contributed by atoms with Crippen molar-refractivity contribution in [1.82, 2.24) is 0 Å². The average Bonchev–Trinajstić information content (AvgIpc) is 2.28. The van der Waals surface area contributed by atoms with Crippen molar-refractivity contribution in [3.05, 3.63) is 23.8 Å². The number of hydrogen-bond donors (Lipinski definition) is 3. The fourth-order valence-electron chi connectivity index (χ4n) is 1.38. The predicted molar refractivity (Wildman–Crippen MR) is 64.2 cm³/mol. The molecule has 0 bridgehead atoms. The summed E-state index contributed by atoms with van der Waals surface area (Å²) in [6.07, 6.45) is 0. The van der Waals surface area contributed by atoms with Gasteiger partial charge in [0, 0.05) is 5.69 Å². The third-order valence-corrected chi connectivity index (χ3v) is 2.34. The van der Waals surface area contributed by atoms with E-state index in [1.54, 1.807) is 7.11 Å². The molecule has 1 unspecified atom stereocenters. The first-order valence-corrected chi connectivity index (χ1v) is 4.97. The van der Waals surface area contributed by atoms with E-state index in [0.29, 0.717) is 0 Å². The van der Waals surface area contributed by atoms with E-state index in [0.717, 1.165) is 17.0 Å². The maximum atomic E-state index is 8.52. The van der Waals surface area contributed by atoms with Gasteiger partial charge in [-0.15, -0.1) is 0 Å². The van der Waals surface area contributed by atoms with Crippen LogP contribution in [0.3, 0.4) is 0 Å². The maximum absolute atomic E-state index is 8.52. The molecule has 5 heteroatoms. The van der Waals surface area contributed by atoms with Gasteiger partial charge in [0.25, 0.3) is 0 Å². The molecule has 0 spiro atoms. The number of nitrogens with two attached hydrogens (primary N) is 1. The molecule has 0 aromatic heterocycles. The van der Waals surface area contributed by atoms with E-state index in [9.17, 15) is 0 Å². The van der Waals surface area contributed by atoms with E-state index in [4.69, 9.17) is 15.7 Å². The molecule has 0 aliphatic heterocycles. The van der Waals surface area contributed by atoms with Crippen molar-refractivity contribution in [2.75, 3.05) is 12.4 Å². The number of amidine groups is 1. The van der Waals surface area contributed by atoms with Crippen molar-refractivity contribution in [3.8, 4) is 5.75 Å². The quantitative estimate of drug-likeness (QED) is 0.313. The number of oxime groups is 1. The minimum atomic E-state index is -0.224. The van der Waals surface area contributed by atoms with E-state index in [1.165, 1.54) is 0 Å². The van der Waals surface area contributed by atoms with E-state index in [1.807, 2.05) is 32.0 Å². The summed E-state index contributed by atoms with van der Waals surface area (Å²) >= 11 is 0. The molecule has 0 heterocycles. The van der Waals surface area contributed by atoms with Crippen molar-refractivity contribution < 1.29 is 9.94 Å². The Kier molecular flexibility index (Phi) is 3.99. The topological polar surface area (TPSA) is 79.9 Å². The summed E-state index contributed by atoms with van der Waals surface area (Å²) in [5.41, 5.74) is 7.40. The van der Waals surface area contributed by atoms with Crippen LogP contribution in [0.2, 0.25) is 0 Å². The van der Waals surface area contributed by atoms with Crippen molar-refractivity contribution in [2.24, 2.45) is 10.9 Å². The third-order valence-electron chi connectivity index (χ3n) is 2.34. The van der Waals surface area contributed by atoms with E-state index in [2.05, 4.69) is 10.5 Å². The lowest BCUT2D eigenvalue weighted by Crippen LogP contribution is -2.32. The summed E-state index contributed by atoms with van der Waals surface area (Å²) in [4.78, 5) is 0. The lowest BCUT2D eigenvalue weighted by Gasteiger charge is -2.15. The van der Waals surface area contributed by atoms with Crippen LogP contribution in [0.15, 0.2) is 23.4 Å². The zero-order valence-corrected chi connectivity index (χ0v) is 9.69. The summed E-state index contributed by atoms with van der Waals surface area (Å²) in [7, 11) is 1.63. The van der Waals surface area contributed by atoms with Crippen LogP contribution in [-0.2, 0) is 0 Å². The van der Waals surface area contributed by atoms with Gasteiger partial charge < -0.3 is 21.0 Å². The monoisotopic (exact) mass is 223 g/mol. The highest BCUT2D eigenvalue weighted by molar-refractivity contribution is 5.87. The van der Waals surface area contributed by atoms with Crippen molar-refractivity contribution in [1.29, 1.82) is 0 Å². The second-order valence-corrected chi connectivity index (χ2v) is 3.58. The molecular formula is C11H17N3O2. The Bertz CT molecular complexity index is 391. The number of rotatable bonds is 4. The first-order valence-electron chi connectivity index (χ1n) is 4.97. The fraction of sp³-hybridized carbons (Fsp3) is 0.364. The van der Waals surface area contributed by atoms with Gasteiger partial charge in [0.05, 0.1) is 13.2 Å². The van der Waals surface area contributed by atoms with Gasteiger partial charge >= 0.3 is 0 Å². The molecule has 16 heavy (non-hydrogen) atoms. The highest BCUT2D eigenvalue weighted by Crippen LogP contribution is 2.21. The Labute approximate surface area is 94.9 Å². The molecule has 0 radical (unpaired) electrons. The minimum Gasteiger partial charge on any atom is -0.496 e. The zero-order valence-electron chi connectivity index (χ0n) is 9.69. The molecule has 4 N–H and O–H groups in total. The van der Waals surface area contributed by atoms with Gasteiger partial charge in [-0.3, -0.25) is 0 Å². The standard InChI is InChI=1S/C11H17N3O2/c1-7-6-9(4-5-10(7)16-3)13-8(2)11(12)14-15/h4-6,8,13,15H,1-3H3,(H2,12,14). The molecule has 1 aromatic rings. The van der Waals surface area contributed by atoms with Crippen LogP contribution in [0.25, 0.3) is 0 Å². The number of hydrogen-bond acceptors (Lipinski definition) is 4. The second kappa shape index (κ2) is 5.25. The SMILES string of the molecule is COc1ccc(NC(C)C(N)=NO)cc1C. The van der Waals surface area contributed by atoms with Gasteiger partial charge in [-0.2, -0.15) is 0 Å². The van der Waals surface area contributed by atoms with Gasteiger partial charge in [0.15, 0.2) is 5.84 Å². The van der Waals surface area contributed by atoms with Gasteiger partial charge in [0.1, 0.15) is 5.75 Å². The van der Waals surface area contributed by atoms with Crippen LogP contribution in [0.5, 0.6) is 5.75 Å². The highest BCUT2D eigenvalue weighted by atomic mass is 16.5. The summed E-state index contributed by atoms with van der Waals surface area (Å²) in [5, 5.41) is 14.6. The van der Waals surface area contributed by atoms with Gasteiger partial charge in [0.2, 0.25) is 0 Å². The lowest BCUT2D eigenvalue weighted by molar-refractivity contribution is 0.316. The molecule has 0 aliphatic carbocycles. The summed E-state index contributed by atoms with van der Waals surface area (Å²) < 4.78 is 5.16. The van der Waals surface area contributed by atoms with Crippen LogP contribution in [0.1, 0.15) is 12.5 Å². The van der Waals surface area contributed by atoms with Crippen molar-refractivity contribution in [2.45, 2.75) is 19.9 Å². The lowest BCUT2D eigenvalue weighted by atomic mass is 10.2. The van der Waals surface area contributed by atoms with E-state index < -0.39 is 0 Å². The Morgan fingerprint density at radius 3 is 2.75 bits per heavy atom. The Balaban J connectivity index is 2.79. The normalized spacial score (nSPS) is 13.3. The first-order chi connectivity index (χ1) is 7.58. The zero-order chi connectivity index (χ0) is 12.1. The summed E-state index contributed by atoms with van der Waals surface area (Å²) in [6, 6.07) is 5.47. The molecule has 1 rings (SSSR count). The van der Waals surface area contributed by atoms with E-state index >= 15 is 0 Å². The van der Waals surface area contributed by atoms with Gasteiger partial charge in [-0.05, 0) is 37.6 Å². The number of nitrogens with one attached hydrogen (secondary N) is 1. The molecule has 0 amide bonds. The smallest absolute Gasteiger partial charge is 0.161 e. The molecule has 0 saturated heterocycles. The molecule has 1 atom stereocenters. The molecular weight excluding hydrogens is 206 g/mol. The summed E-state index contributed by atoms with van der Waals surface area (Å²) in [5.74, 6) is 0.982. The van der Waals surface area contributed by atoms with Crippen LogP contribution in [0.4, 0.5) is 5.69 Å². The first kappa shape index (κ1) is 12.2. The molecule has 5 nitrogen and oxygen atoms in total. The molecule has 0 saturated carbocycles. The van der Waals surface area contributed by atoms with E-state index in [-0.39, 0.29) is 11.9 Å². The van der Waals surface area contributed by atoms with Gasteiger partial charge in [-0.1, -0.05) is 5.16 Å². The Morgan fingerprint density at radius 2 is 2.25 bits per heavy atom. The predicted octanol–water partition coefficient (Wildman–Crippen LogP) is 1.55. The number of anilines is 1. The minimum absolute atomic E-state index is 0.147. The van der Waals surface area contributed by atoms with Crippen molar-refractivity contribution in [3.63, 3.8) is 0 Å². The number of methoxy groups -OCH3 is 1. The number of aryl methyl sites for hydroxylation is 1. The Hall–Kier alpha value is -1.91. The molecule has 0 fully saturated rings. The number of nitrogens with zero attached hydrogens (tertiary/aromatic N) is 1. The van der Waals surface area contributed by atoms with Crippen LogP contribution >= 0.6 is 0 Å². The second-order valence-electron chi connectivity index (χ2n) is 3.58. The van der Waals surface area contributed by atoms with Gasteiger partial charge in [-0.25, -0.2) is 0 Å². The number of benzene rings is 1. The maximum Gasteiger partial charge on any atom is 0.161 e. The van der Waals surface area contributed by atoms with Crippen molar-refractivity contribution >= 4 is 11.5 Å². The number of ether oxygens (including phenoxy) is 1. The average molecular weight is 223 g/mol. The molecule has 1 aromatic carbocycles. The Morgan fingerprint density at radius 1 is 1.56 bits per heavy atom. The van der Waals surface area contributed by atoms with Crippen LogP contribution in [-0.4, -0.2) is 24.2 Å². The van der Waals surface area contributed by atoms with Crippen LogP contribution < -0.4 is 15.8 Å². The molecule has 88 valence electrons. The highest BCUT2D eigenvalue weighted by Gasteiger charge is 2.07.